The SMILES string of the molecule is NC(=NN=Cc1ccc(N(CCCl)CCCl)cc1)SCc1ccccc1. The van der Waals surface area contributed by atoms with Crippen molar-refractivity contribution in [2.45, 2.75) is 5.75 Å². The lowest BCUT2D eigenvalue weighted by Gasteiger charge is -2.22. The van der Waals surface area contributed by atoms with Crippen molar-refractivity contribution in [1.29, 1.82) is 0 Å². The van der Waals surface area contributed by atoms with Gasteiger partial charge in [-0.1, -0.05) is 54.2 Å². The summed E-state index contributed by atoms with van der Waals surface area (Å²) < 4.78 is 0. The van der Waals surface area contributed by atoms with Crippen LogP contribution < -0.4 is 10.6 Å². The molecular formula is C19H22Cl2N4S. The van der Waals surface area contributed by atoms with E-state index < -0.39 is 0 Å². The summed E-state index contributed by atoms with van der Waals surface area (Å²) >= 11 is 13.1. The molecule has 2 N–H and O–H groups in total. The zero-order chi connectivity index (χ0) is 18.6. The minimum Gasteiger partial charge on any atom is -0.377 e. The molecule has 0 amide bonds. The van der Waals surface area contributed by atoms with E-state index in [4.69, 9.17) is 28.9 Å². The van der Waals surface area contributed by atoms with Gasteiger partial charge < -0.3 is 10.6 Å². The quantitative estimate of drug-likeness (QED) is 0.286. The lowest BCUT2D eigenvalue weighted by molar-refractivity contribution is 0.874. The Morgan fingerprint density at radius 2 is 1.65 bits per heavy atom. The molecule has 0 aliphatic carbocycles. The minimum atomic E-state index is 0.442. The van der Waals surface area contributed by atoms with Crippen molar-refractivity contribution in [2.24, 2.45) is 15.9 Å². The van der Waals surface area contributed by atoms with Crippen molar-refractivity contribution in [3.8, 4) is 0 Å². The third-order valence-electron chi connectivity index (χ3n) is 3.56. The second-order valence-electron chi connectivity index (χ2n) is 5.41. The number of thioether (sulfide) groups is 1. The lowest BCUT2D eigenvalue weighted by atomic mass is 10.2. The average Bonchev–Trinajstić information content (AvgIpc) is 2.68. The van der Waals surface area contributed by atoms with Crippen molar-refractivity contribution in [2.75, 3.05) is 29.7 Å². The van der Waals surface area contributed by atoms with Gasteiger partial charge in [0.2, 0.25) is 0 Å². The van der Waals surface area contributed by atoms with Crippen molar-refractivity contribution < 1.29 is 0 Å². The molecule has 7 heteroatoms. The van der Waals surface area contributed by atoms with Crippen LogP contribution in [0.5, 0.6) is 0 Å². The maximum Gasteiger partial charge on any atom is 0.180 e. The zero-order valence-electron chi connectivity index (χ0n) is 14.4. The fourth-order valence-corrected chi connectivity index (χ4v) is 3.28. The van der Waals surface area contributed by atoms with E-state index in [1.807, 2.05) is 42.5 Å². The second-order valence-corrected chi connectivity index (χ2v) is 7.17. The number of nitrogens with zero attached hydrogens (tertiary/aromatic N) is 3. The number of hydrogen-bond acceptors (Lipinski definition) is 4. The first-order valence-corrected chi connectivity index (χ1v) is 10.3. The van der Waals surface area contributed by atoms with Crippen LogP contribution in [-0.4, -0.2) is 36.2 Å². The fraction of sp³-hybridized carbons (Fsp3) is 0.263. The zero-order valence-corrected chi connectivity index (χ0v) is 16.7. The Hall–Kier alpha value is -1.69. The van der Waals surface area contributed by atoms with E-state index in [9.17, 15) is 0 Å². The summed E-state index contributed by atoms with van der Waals surface area (Å²) in [4.78, 5) is 2.15. The van der Waals surface area contributed by atoms with Crippen LogP contribution in [0.1, 0.15) is 11.1 Å². The standard InChI is InChI=1S/C19H22Cl2N4S/c20-10-12-25(13-11-21)18-8-6-16(7-9-18)14-23-24-19(22)26-15-17-4-2-1-3-5-17/h1-9,14H,10-13,15H2,(H2,22,24). The van der Waals surface area contributed by atoms with Gasteiger partial charge in [0.25, 0.3) is 0 Å². The van der Waals surface area contributed by atoms with Gasteiger partial charge in [-0.05, 0) is 23.3 Å². The number of rotatable bonds is 9. The fourth-order valence-electron chi connectivity index (χ4n) is 2.26. The third kappa shape index (κ3) is 7.28. The highest BCUT2D eigenvalue weighted by atomic mass is 35.5. The molecule has 0 radical (unpaired) electrons. The first-order valence-electron chi connectivity index (χ1n) is 8.23. The van der Waals surface area contributed by atoms with Crippen LogP contribution in [0.25, 0.3) is 0 Å². The van der Waals surface area contributed by atoms with Gasteiger partial charge >= 0.3 is 0 Å². The molecule has 0 spiro atoms. The smallest absolute Gasteiger partial charge is 0.180 e. The van der Waals surface area contributed by atoms with Crippen LogP contribution in [0.2, 0.25) is 0 Å². The van der Waals surface area contributed by atoms with Crippen LogP contribution in [0.3, 0.4) is 0 Å². The Kier molecular flexibility index (Phi) is 9.39. The first kappa shape index (κ1) is 20.6. The van der Waals surface area contributed by atoms with Gasteiger partial charge in [0.1, 0.15) is 0 Å². The lowest BCUT2D eigenvalue weighted by Crippen LogP contribution is -2.27. The van der Waals surface area contributed by atoms with E-state index in [-0.39, 0.29) is 0 Å². The van der Waals surface area contributed by atoms with E-state index in [0.717, 1.165) is 30.1 Å². The highest BCUT2D eigenvalue weighted by Gasteiger charge is 2.04. The molecule has 0 aromatic heterocycles. The Balaban J connectivity index is 1.88. The summed E-state index contributed by atoms with van der Waals surface area (Å²) in [6.07, 6.45) is 1.69. The van der Waals surface area contributed by atoms with Gasteiger partial charge in [0, 0.05) is 36.3 Å². The molecule has 0 atom stereocenters. The van der Waals surface area contributed by atoms with Crippen LogP contribution in [-0.2, 0) is 5.75 Å². The number of amidine groups is 1. The number of hydrogen-bond donors (Lipinski definition) is 1. The van der Waals surface area contributed by atoms with Crippen molar-refractivity contribution in [3.05, 3.63) is 65.7 Å². The number of anilines is 1. The predicted molar refractivity (Wildman–Crippen MR) is 117 cm³/mol. The molecule has 138 valence electrons. The maximum atomic E-state index is 5.88. The molecule has 2 aromatic carbocycles. The number of halogens is 2. The summed E-state index contributed by atoms with van der Waals surface area (Å²) in [6, 6.07) is 18.1. The summed E-state index contributed by atoms with van der Waals surface area (Å²) in [5.41, 5.74) is 9.13. The Bertz CT molecular complexity index is 699. The largest absolute Gasteiger partial charge is 0.377 e. The summed E-state index contributed by atoms with van der Waals surface area (Å²) in [7, 11) is 0. The second kappa shape index (κ2) is 11.8. The number of nitrogens with two attached hydrogens (primary N) is 1. The van der Waals surface area contributed by atoms with Gasteiger partial charge in [0.15, 0.2) is 5.17 Å². The first-order chi connectivity index (χ1) is 12.7. The van der Waals surface area contributed by atoms with E-state index in [1.165, 1.54) is 17.3 Å². The molecule has 2 rings (SSSR count). The Morgan fingerprint density at radius 1 is 1.00 bits per heavy atom. The number of alkyl halides is 2. The molecule has 0 aliphatic rings. The third-order valence-corrected chi connectivity index (χ3v) is 4.75. The predicted octanol–water partition coefficient (Wildman–Crippen LogP) is 4.55. The van der Waals surface area contributed by atoms with E-state index in [0.29, 0.717) is 16.9 Å². The monoisotopic (exact) mass is 408 g/mol. The van der Waals surface area contributed by atoms with Gasteiger partial charge in [-0.3, -0.25) is 0 Å². The average molecular weight is 409 g/mol. The van der Waals surface area contributed by atoms with Gasteiger partial charge in [-0.2, -0.15) is 5.10 Å². The molecule has 0 unspecified atom stereocenters. The highest BCUT2D eigenvalue weighted by molar-refractivity contribution is 8.13. The summed E-state index contributed by atoms with van der Waals surface area (Å²) in [6.45, 7) is 1.53. The van der Waals surface area contributed by atoms with Gasteiger partial charge in [-0.15, -0.1) is 28.3 Å². The van der Waals surface area contributed by atoms with E-state index in [2.05, 4.69) is 27.2 Å². The number of benzene rings is 2. The Morgan fingerprint density at radius 3 is 2.27 bits per heavy atom. The molecule has 0 fully saturated rings. The molecule has 26 heavy (non-hydrogen) atoms. The van der Waals surface area contributed by atoms with Crippen LogP contribution >= 0.6 is 35.0 Å². The maximum absolute atomic E-state index is 5.88. The normalized spacial score (nSPS) is 11.8. The van der Waals surface area contributed by atoms with Crippen LogP contribution in [0, 0.1) is 0 Å². The van der Waals surface area contributed by atoms with Crippen LogP contribution in [0.15, 0.2) is 64.8 Å². The Labute approximate surface area is 169 Å². The molecule has 0 saturated carbocycles. The molecule has 0 heterocycles. The van der Waals surface area contributed by atoms with Crippen molar-refractivity contribution >= 4 is 52.0 Å². The van der Waals surface area contributed by atoms with E-state index in [1.54, 1.807) is 6.21 Å². The highest BCUT2D eigenvalue weighted by Crippen LogP contribution is 2.15. The summed E-state index contributed by atoms with van der Waals surface area (Å²) in [5, 5.41) is 8.54. The van der Waals surface area contributed by atoms with Crippen LogP contribution in [0.4, 0.5) is 5.69 Å². The van der Waals surface area contributed by atoms with Gasteiger partial charge in [-0.25, -0.2) is 0 Å². The molecular weight excluding hydrogens is 387 g/mol. The van der Waals surface area contributed by atoms with Crippen molar-refractivity contribution in [1.82, 2.24) is 0 Å². The summed E-state index contributed by atoms with van der Waals surface area (Å²) in [5.74, 6) is 1.90. The van der Waals surface area contributed by atoms with E-state index >= 15 is 0 Å². The molecule has 2 aromatic rings. The molecule has 4 nitrogen and oxygen atoms in total. The van der Waals surface area contributed by atoms with Gasteiger partial charge in [0.05, 0.1) is 6.21 Å². The molecule has 0 bridgehead atoms. The minimum absolute atomic E-state index is 0.442. The molecule has 0 aliphatic heterocycles. The van der Waals surface area contributed by atoms with Crippen molar-refractivity contribution in [3.63, 3.8) is 0 Å². The molecule has 0 saturated heterocycles. The topological polar surface area (TPSA) is 54.0 Å².